The molecular formula is C16H26O3. The molecule has 0 spiro atoms. The first-order valence-electron chi connectivity index (χ1n) is 6.84. The van der Waals surface area contributed by atoms with E-state index in [0.29, 0.717) is 13.0 Å². The summed E-state index contributed by atoms with van der Waals surface area (Å²) in [5.41, 5.74) is -0.547. The molecular weight excluding hydrogens is 240 g/mol. The van der Waals surface area contributed by atoms with Gasteiger partial charge in [0.1, 0.15) is 11.4 Å². The number of hydrogen-bond acceptors (Lipinski definition) is 3. The first-order chi connectivity index (χ1) is 8.85. The highest BCUT2D eigenvalue weighted by Crippen LogP contribution is 2.22. The molecule has 1 aromatic rings. The number of ether oxygens (including phenoxy) is 2. The van der Waals surface area contributed by atoms with Crippen molar-refractivity contribution in [2.75, 3.05) is 13.2 Å². The number of aliphatic hydroxyl groups is 1. The van der Waals surface area contributed by atoms with Gasteiger partial charge in [-0.1, -0.05) is 18.2 Å². The van der Waals surface area contributed by atoms with Crippen LogP contribution in [0.15, 0.2) is 30.3 Å². The highest BCUT2D eigenvalue weighted by atomic mass is 16.5. The lowest BCUT2D eigenvalue weighted by Gasteiger charge is -2.30. The van der Waals surface area contributed by atoms with E-state index in [2.05, 4.69) is 13.8 Å². The van der Waals surface area contributed by atoms with Gasteiger partial charge in [0.05, 0.1) is 12.2 Å². The predicted octanol–water partition coefficient (Wildman–Crippen LogP) is 3.41. The zero-order chi connectivity index (χ0) is 14.4. The molecule has 19 heavy (non-hydrogen) atoms. The van der Waals surface area contributed by atoms with Crippen LogP contribution in [-0.4, -0.2) is 29.5 Å². The minimum Gasteiger partial charge on any atom is -0.488 e. The van der Waals surface area contributed by atoms with Gasteiger partial charge in [0, 0.05) is 13.0 Å². The number of aliphatic hydroxyl groups excluding tert-OH is 1. The molecule has 0 heterocycles. The van der Waals surface area contributed by atoms with Gasteiger partial charge in [0.25, 0.3) is 0 Å². The fraction of sp³-hybridized carbons (Fsp3) is 0.625. The lowest BCUT2D eigenvalue weighted by Crippen LogP contribution is -2.33. The Morgan fingerprint density at radius 2 is 1.58 bits per heavy atom. The zero-order valence-electron chi connectivity index (χ0n) is 12.5. The van der Waals surface area contributed by atoms with Crippen molar-refractivity contribution in [2.24, 2.45) is 0 Å². The smallest absolute Gasteiger partial charge is 0.120 e. The third kappa shape index (κ3) is 6.60. The van der Waals surface area contributed by atoms with Crippen LogP contribution in [0.5, 0.6) is 5.75 Å². The van der Waals surface area contributed by atoms with Crippen LogP contribution in [0.4, 0.5) is 0 Å². The summed E-state index contributed by atoms with van der Waals surface area (Å²) in [7, 11) is 0. The quantitative estimate of drug-likeness (QED) is 0.783. The largest absolute Gasteiger partial charge is 0.488 e. The van der Waals surface area contributed by atoms with E-state index in [4.69, 9.17) is 14.6 Å². The van der Waals surface area contributed by atoms with Crippen molar-refractivity contribution in [3.8, 4) is 5.75 Å². The molecule has 0 bridgehead atoms. The molecule has 0 saturated carbocycles. The third-order valence-electron chi connectivity index (χ3n) is 3.05. The first-order valence-corrected chi connectivity index (χ1v) is 6.84. The maximum absolute atomic E-state index is 8.95. The molecule has 0 atom stereocenters. The second-order valence-corrected chi connectivity index (χ2v) is 6.01. The van der Waals surface area contributed by atoms with Gasteiger partial charge in [-0.15, -0.1) is 0 Å². The van der Waals surface area contributed by atoms with E-state index in [1.165, 1.54) is 0 Å². The van der Waals surface area contributed by atoms with Gasteiger partial charge < -0.3 is 14.6 Å². The number of hydrogen-bond donors (Lipinski definition) is 1. The fourth-order valence-corrected chi connectivity index (χ4v) is 1.77. The second-order valence-electron chi connectivity index (χ2n) is 6.01. The van der Waals surface area contributed by atoms with E-state index in [0.717, 1.165) is 12.2 Å². The first kappa shape index (κ1) is 16.0. The number of para-hydroxylation sites is 1. The van der Waals surface area contributed by atoms with Crippen molar-refractivity contribution in [2.45, 2.75) is 51.7 Å². The van der Waals surface area contributed by atoms with E-state index >= 15 is 0 Å². The van der Waals surface area contributed by atoms with Gasteiger partial charge in [0.15, 0.2) is 0 Å². The van der Waals surface area contributed by atoms with Crippen molar-refractivity contribution >= 4 is 0 Å². The minimum atomic E-state index is -0.280. The van der Waals surface area contributed by atoms with Crippen LogP contribution < -0.4 is 4.74 Å². The van der Waals surface area contributed by atoms with Crippen LogP contribution in [-0.2, 0) is 4.74 Å². The van der Waals surface area contributed by atoms with Crippen molar-refractivity contribution in [1.82, 2.24) is 0 Å². The van der Waals surface area contributed by atoms with E-state index in [1.54, 1.807) is 0 Å². The van der Waals surface area contributed by atoms with Crippen molar-refractivity contribution in [3.63, 3.8) is 0 Å². The Morgan fingerprint density at radius 1 is 0.947 bits per heavy atom. The zero-order valence-corrected chi connectivity index (χ0v) is 12.5. The number of rotatable bonds is 8. The Labute approximate surface area is 116 Å². The standard InChI is InChI=1S/C16H26O3/c1-15(2,10-12-17)18-13-11-16(3,4)19-14-8-6-5-7-9-14/h5-9,17H,10-13H2,1-4H3. The summed E-state index contributed by atoms with van der Waals surface area (Å²) in [6, 6.07) is 9.82. The SMILES string of the molecule is CC(C)(CCO)OCCC(C)(C)Oc1ccccc1. The molecule has 0 aliphatic rings. The minimum absolute atomic E-state index is 0.150. The summed E-state index contributed by atoms with van der Waals surface area (Å²) in [5.74, 6) is 0.877. The van der Waals surface area contributed by atoms with Gasteiger partial charge in [-0.05, 0) is 46.2 Å². The van der Waals surface area contributed by atoms with Crippen LogP contribution in [0.2, 0.25) is 0 Å². The van der Waals surface area contributed by atoms with Crippen LogP contribution in [0.1, 0.15) is 40.5 Å². The maximum atomic E-state index is 8.95. The molecule has 0 saturated heterocycles. The summed E-state index contributed by atoms with van der Waals surface area (Å²) in [6.45, 7) is 8.87. The van der Waals surface area contributed by atoms with E-state index < -0.39 is 0 Å². The third-order valence-corrected chi connectivity index (χ3v) is 3.05. The molecule has 108 valence electrons. The average molecular weight is 266 g/mol. The Morgan fingerprint density at radius 3 is 2.16 bits per heavy atom. The second kappa shape index (κ2) is 6.92. The van der Waals surface area contributed by atoms with Crippen LogP contribution in [0, 0.1) is 0 Å². The van der Waals surface area contributed by atoms with E-state index in [-0.39, 0.29) is 17.8 Å². The molecule has 3 heteroatoms. The highest BCUT2D eigenvalue weighted by Gasteiger charge is 2.23. The normalized spacial score (nSPS) is 12.5. The monoisotopic (exact) mass is 266 g/mol. The summed E-state index contributed by atoms with van der Waals surface area (Å²) in [4.78, 5) is 0. The number of benzene rings is 1. The summed E-state index contributed by atoms with van der Waals surface area (Å²) in [5, 5.41) is 8.95. The van der Waals surface area contributed by atoms with Crippen molar-refractivity contribution < 1.29 is 14.6 Å². The van der Waals surface area contributed by atoms with Crippen LogP contribution in [0.25, 0.3) is 0 Å². The molecule has 1 N–H and O–H groups in total. The molecule has 0 aliphatic heterocycles. The Hall–Kier alpha value is -1.06. The Bertz CT molecular complexity index is 358. The molecule has 1 rings (SSSR count). The Balaban J connectivity index is 2.39. The molecule has 1 aromatic carbocycles. The molecule has 0 amide bonds. The molecule has 0 radical (unpaired) electrons. The Kier molecular flexibility index (Phi) is 5.83. The molecule has 3 nitrogen and oxygen atoms in total. The lowest BCUT2D eigenvalue weighted by molar-refractivity contribution is -0.0516. The highest BCUT2D eigenvalue weighted by molar-refractivity contribution is 5.21. The van der Waals surface area contributed by atoms with Gasteiger partial charge in [-0.2, -0.15) is 0 Å². The summed E-state index contributed by atoms with van der Waals surface area (Å²) >= 11 is 0. The molecule has 0 unspecified atom stereocenters. The average Bonchev–Trinajstić information content (AvgIpc) is 2.28. The summed E-state index contributed by atoms with van der Waals surface area (Å²) < 4.78 is 11.8. The maximum Gasteiger partial charge on any atom is 0.120 e. The van der Waals surface area contributed by atoms with Gasteiger partial charge in [-0.3, -0.25) is 0 Å². The van der Waals surface area contributed by atoms with Crippen molar-refractivity contribution in [3.05, 3.63) is 30.3 Å². The topological polar surface area (TPSA) is 38.7 Å². The van der Waals surface area contributed by atoms with Crippen LogP contribution in [0.3, 0.4) is 0 Å². The van der Waals surface area contributed by atoms with Gasteiger partial charge >= 0.3 is 0 Å². The van der Waals surface area contributed by atoms with Crippen molar-refractivity contribution in [1.29, 1.82) is 0 Å². The predicted molar refractivity (Wildman–Crippen MR) is 77.5 cm³/mol. The van der Waals surface area contributed by atoms with Crippen LogP contribution >= 0.6 is 0 Å². The molecule has 0 fully saturated rings. The molecule has 0 aliphatic carbocycles. The summed E-state index contributed by atoms with van der Waals surface area (Å²) in [6.07, 6.45) is 1.45. The van der Waals surface area contributed by atoms with Gasteiger partial charge in [-0.25, -0.2) is 0 Å². The van der Waals surface area contributed by atoms with E-state index in [1.807, 2.05) is 44.2 Å². The van der Waals surface area contributed by atoms with Gasteiger partial charge in [0.2, 0.25) is 0 Å². The lowest BCUT2D eigenvalue weighted by atomic mass is 10.0. The fourth-order valence-electron chi connectivity index (χ4n) is 1.77. The molecule has 0 aromatic heterocycles. The van der Waals surface area contributed by atoms with E-state index in [9.17, 15) is 0 Å².